The lowest BCUT2D eigenvalue weighted by atomic mass is 10.1. The van der Waals surface area contributed by atoms with Crippen LogP contribution in [0.15, 0.2) is 36.4 Å². The average Bonchev–Trinajstić information content (AvgIpc) is 2.58. The van der Waals surface area contributed by atoms with E-state index in [4.69, 9.17) is 23.2 Å². The van der Waals surface area contributed by atoms with Crippen LogP contribution in [0.3, 0.4) is 0 Å². The molecule has 0 aliphatic heterocycles. The van der Waals surface area contributed by atoms with Crippen molar-refractivity contribution >= 4 is 45.5 Å². The SMILES string of the molecule is CN(C)Cc1cc(Nc2cc(C#N)nc3cc(F)ccc23)c(Cl)cc1Cl. The largest absolute Gasteiger partial charge is 0.354 e. The van der Waals surface area contributed by atoms with Crippen molar-refractivity contribution in [2.45, 2.75) is 6.54 Å². The Hall–Kier alpha value is -2.39. The minimum atomic E-state index is -0.413. The van der Waals surface area contributed by atoms with Gasteiger partial charge in [-0.3, -0.25) is 0 Å². The van der Waals surface area contributed by atoms with E-state index in [2.05, 4.69) is 10.3 Å². The highest BCUT2D eigenvalue weighted by atomic mass is 35.5. The molecule has 0 fully saturated rings. The molecule has 0 atom stereocenters. The van der Waals surface area contributed by atoms with Crippen molar-refractivity contribution in [3.8, 4) is 6.07 Å². The van der Waals surface area contributed by atoms with Crippen LogP contribution in [0, 0.1) is 17.1 Å². The lowest BCUT2D eigenvalue weighted by molar-refractivity contribution is 0.402. The van der Waals surface area contributed by atoms with E-state index in [-0.39, 0.29) is 5.69 Å². The predicted molar refractivity (Wildman–Crippen MR) is 104 cm³/mol. The van der Waals surface area contributed by atoms with Gasteiger partial charge in [0.15, 0.2) is 0 Å². The number of nitriles is 1. The maximum Gasteiger partial charge on any atom is 0.143 e. The molecule has 0 aliphatic carbocycles. The van der Waals surface area contributed by atoms with E-state index in [1.54, 1.807) is 18.2 Å². The number of aromatic nitrogens is 1. The number of nitrogens with zero attached hydrogens (tertiary/aromatic N) is 3. The standard InChI is InChI=1S/C19H15Cl2FN4/c1-26(2)10-11-5-19(16(21)8-15(11)20)25-18-7-13(9-23)24-17-6-12(22)3-4-14(17)18/h3-8H,10H2,1-2H3,(H,24,25). The van der Waals surface area contributed by atoms with E-state index >= 15 is 0 Å². The van der Waals surface area contributed by atoms with Gasteiger partial charge < -0.3 is 10.2 Å². The zero-order chi connectivity index (χ0) is 18.8. The fourth-order valence-corrected chi connectivity index (χ4v) is 3.15. The Balaban J connectivity index is 2.10. The van der Waals surface area contributed by atoms with Crippen molar-refractivity contribution < 1.29 is 4.39 Å². The minimum Gasteiger partial charge on any atom is -0.354 e. The molecule has 4 nitrogen and oxygen atoms in total. The Morgan fingerprint density at radius 1 is 1.12 bits per heavy atom. The Morgan fingerprint density at radius 3 is 2.58 bits per heavy atom. The van der Waals surface area contributed by atoms with Crippen LogP contribution in [0.1, 0.15) is 11.3 Å². The quantitative estimate of drug-likeness (QED) is 0.653. The monoisotopic (exact) mass is 388 g/mol. The lowest BCUT2D eigenvalue weighted by Gasteiger charge is -2.16. The second kappa shape index (κ2) is 7.46. The number of anilines is 2. The first-order valence-electron chi connectivity index (χ1n) is 7.77. The third-order valence-corrected chi connectivity index (χ3v) is 4.44. The zero-order valence-electron chi connectivity index (χ0n) is 14.1. The Kier molecular flexibility index (Phi) is 5.28. The molecule has 132 valence electrons. The second-order valence-corrected chi connectivity index (χ2v) is 6.93. The zero-order valence-corrected chi connectivity index (χ0v) is 15.7. The number of hydrogen-bond donors (Lipinski definition) is 1. The summed E-state index contributed by atoms with van der Waals surface area (Å²) in [4.78, 5) is 6.15. The number of halogens is 3. The molecule has 1 heterocycles. The Labute approximate surface area is 160 Å². The van der Waals surface area contributed by atoms with Crippen LogP contribution >= 0.6 is 23.2 Å². The second-order valence-electron chi connectivity index (χ2n) is 6.11. The summed E-state index contributed by atoms with van der Waals surface area (Å²) in [7, 11) is 3.89. The fourth-order valence-electron chi connectivity index (χ4n) is 2.66. The topological polar surface area (TPSA) is 52.0 Å². The fraction of sp³-hybridized carbons (Fsp3) is 0.158. The highest BCUT2D eigenvalue weighted by molar-refractivity contribution is 6.37. The molecular formula is C19H15Cl2FN4. The predicted octanol–water partition coefficient (Wildman–Crippen LogP) is 5.36. The number of benzene rings is 2. The lowest BCUT2D eigenvalue weighted by Crippen LogP contribution is -2.11. The summed E-state index contributed by atoms with van der Waals surface area (Å²) in [6.45, 7) is 0.649. The average molecular weight is 389 g/mol. The van der Waals surface area contributed by atoms with Gasteiger partial charge in [0.1, 0.15) is 17.6 Å². The van der Waals surface area contributed by atoms with E-state index in [1.807, 2.05) is 31.1 Å². The van der Waals surface area contributed by atoms with Crippen molar-refractivity contribution in [2.75, 3.05) is 19.4 Å². The highest BCUT2D eigenvalue weighted by Crippen LogP contribution is 2.34. The molecule has 0 spiro atoms. The number of rotatable bonds is 4. The van der Waals surface area contributed by atoms with Crippen molar-refractivity contribution in [3.63, 3.8) is 0 Å². The first-order valence-corrected chi connectivity index (χ1v) is 8.53. The first kappa shape index (κ1) is 18.4. The van der Waals surface area contributed by atoms with Crippen LogP contribution < -0.4 is 5.32 Å². The molecule has 7 heteroatoms. The smallest absolute Gasteiger partial charge is 0.143 e. The van der Waals surface area contributed by atoms with E-state index in [9.17, 15) is 9.65 Å². The van der Waals surface area contributed by atoms with Gasteiger partial charge in [-0.1, -0.05) is 23.2 Å². The molecule has 0 amide bonds. The van der Waals surface area contributed by atoms with Crippen LogP contribution in [0.4, 0.5) is 15.8 Å². The number of pyridine rings is 1. The summed E-state index contributed by atoms with van der Waals surface area (Å²) in [5.41, 5.74) is 2.75. The molecule has 0 aliphatic rings. The van der Waals surface area contributed by atoms with E-state index in [0.29, 0.717) is 38.9 Å². The summed E-state index contributed by atoms with van der Waals surface area (Å²) in [6.07, 6.45) is 0. The van der Waals surface area contributed by atoms with Crippen molar-refractivity contribution in [1.29, 1.82) is 5.26 Å². The molecule has 2 aromatic carbocycles. The minimum absolute atomic E-state index is 0.184. The summed E-state index contributed by atoms with van der Waals surface area (Å²) in [5.74, 6) is -0.413. The van der Waals surface area contributed by atoms with Gasteiger partial charge >= 0.3 is 0 Å². The molecule has 3 rings (SSSR count). The molecule has 0 unspecified atom stereocenters. The van der Waals surface area contributed by atoms with Crippen molar-refractivity contribution in [2.24, 2.45) is 0 Å². The third kappa shape index (κ3) is 3.88. The maximum absolute atomic E-state index is 13.5. The number of hydrogen-bond acceptors (Lipinski definition) is 4. The Bertz CT molecular complexity index is 1030. The van der Waals surface area contributed by atoms with E-state index in [0.717, 1.165) is 5.56 Å². The third-order valence-electron chi connectivity index (χ3n) is 3.78. The van der Waals surface area contributed by atoms with Gasteiger partial charge in [0.05, 0.1) is 21.9 Å². The van der Waals surface area contributed by atoms with Gasteiger partial charge in [0.2, 0.25) is 0 Å². The summed E-state index contributed by atoms with van der Waals surface area (Å²) in [5, 5.41) is 14.1. The number of fused-ring (bicyclic) bond motifs is 1. The van der Waals surface area contributed by atoms with Crippen LogP contribution in [-0.4, -0.2) is 24.0 Å². The van der Waals surface area contributed by atoms with Gasteiger partial charge in [-0.2, -0.15) is 5.26 Å². The summed E-state index contributed by atoms with van der Waals surface area (Å²) in [6, 6.07) is 11.4. The van der Waals surface area contributed by atoms with Crippen LogP contribution in [0.2, 0.25) is 10.0 Å². The van der Waals surface area contributed by atoms with Gasteiger partial charge in [-0.05, 0) is 50.0 Å². The van der Waals surface area contributed by atoms with Crippen molar-refractivity contribution in [3.05, 3.63) is 63.5 Å². The normalized spacial score (nSPS) is 11.0. The van der Waals surface area contributed by atoms with Crippen LogP contribution in [-0.2, 0) is 6.54 Å². The summed E-state index contributed by atoms with van der Waals surface area (Å²) >= 11 is 12.6. The molecule has 0 saturated heterocycles. The molecule has 1 aromatic heterocycles. The van der Waals surface area contributed by atoms with E-state index in [1.165, 1.54) is 12.1 Å². The van der Waals surface area contributed by atoms with Gasteiger partial charge in [0.25, 0.3) is 0 Å². The molecular weight excluding hydrogens is 374 g/mol. The van der Waals surface area contributed by atoms with Crippen LogP contribution in [0.5, 0.6) is 0 Å². The molecule has 3 aromatic rings. The number of nitrogens with one attached hydrogen (secondary N) is 1. The Morgan fingerprint density at radius 2 is 1.88 bits per heavy atom. The first-order chi connectivity index (χ1) is 12.4. The van der Waals surface area contributed by atoms with Gasteiger partial charge in [0, 0.05) is 23.0 Å². The van der Waals surface area contributed by atoms with E-state index < -0.39 is 5.82 Å². The molecule has 0 bridgehead atoms. The molecule has 1 N–H and O–H groups in total. The summed E-state index contributed by atoms with van der Waals surface area (Å²) < 4.78 is 13.5. The molecule has 0 saturated carbocycles. The van der Waals surface area contributed by atoms with Crippen molar-refractivity contribution in [1.82, 2.24) is 9.88 Å². The van der Waals surface area contributed by atoms with Gasteiger partial charge in [-0.15, -0.1) is 0 Å². The maximum atomic E-state index is 13.5. The van der Waals surface area contributed by atoms with Crippen LogP contribution in [0.25, 0.3) is 10.9 Å². The highest BCUT2D eigenvalue weighted by Gasteiger charge is 2.12. The molecule has 0 radical (unpaired) electrons. The van der Waals surface area contributed by atoms with Gasteiger partial charge in [-0.25, -0.2) is 9.37 Å². The molecule has 26 heavy (non-hydrogen) atoms.